The van der Waals surface area contributed by atoms with Crippen LogP contribution in [0.25, 0.3) is 5.65 Å². The topological polar surface area (TPSA) is 107 Å². The number of anilines is 1. The van der Waals surface area contributed by atoms with Gasteiger partial charge in [-0.3, -0.25) is 10.2 Å². The molecule has 1 saturated heterocycles. The minimum atomic E-state index is -0.236. The Morgan fingerprint density at radius 3 is 2.56 bits per heavy atom. The van der Waals surface area contributed by atoms with Gasteiger partial charge >= 0.3 is 0 Å². The van der Waals surface area contributed by atoms with E-state index in [-0.39, 0.29) is 29.5 Å². The van der Waals surface area contributed by atoms with Crippen LogP contribution in [-0.4, -0.2) is 64.7 Å². The molecule has 1 aliphatic carbocycles. The smallest absolute Gasteiger partial charge is 0.242 e. The quantitative estimate of drug-likeness (QED) is 0.503. The van der Waals surface area contributed by atoms with E-state index in [9.17, 15) is 4.79 Å². The molecular formula is C26H34N6O4. The van der Waals surface area contributed by atoms with E-state index >= 15 is 0 Å². The summed E-state index contributed by atoms with van der Waals surface area (Å²) >= 11 is 0. The number of nitrogens with one attached hydrogen (secondary N) is 1. The van der Waals surface area contributed by atoms with Crippen molar-refractivity contribution >= 4 is 17.1 Å². The van der Waals surface area contributed by atoms with Gasteiger partial charge in [0.1, 0.15) is 18.4 Å². The van der Waals surface area contributed by atoms with Crippen LogP contribution in [0.2, 0.25) is 0 Å². The monoisotopic (exact) mass is 494 g/mol. The Labute approximate surface area is 210 Å². The summed E-state index contributed by atoms with van der Waals surface area (Å²) in [6, 6.07) is 7.33. The molecule has 192 valence electrons. The van der Waals surface area contributed by atoms with Crippen molar-refractivity contribution in [3.63, 3.8) is 0 Å². The normalized spacial score (nSPS) is 16.7. The van der Waals surface area contributed by atoms with Crippen molar-refractivity contribution in [2.75, 3.05) is 38.3 Å². The predicted octanol–water partition coefficient (Wildman–Crippen LogP) is 2.97. The number of hydrogen-bond donors (Lipinski definition) is 1. The van der Waals surface area contributed by atoms with Crippen molar-refractivity contribution < 1.29 is 19.0 Å². The molecule has 0 bridgehead atoms. The minimum absolute atomic E-state index is 0.0235. The first-order valence-corrected chi connectivity index (χ1v) is 12.5. The number of methoxy groups -OCH3 is 1. The predicted molar refractivity (Wildman–Crippen MR) is 134 cm³/mol. The number of fused-ring (bicyclic) bond motifs is 1. The fraction of sp³-hybridized carbons (Fsp3) is 0.538. The van der Waals surface area contributed by atoms with E-state index in [0.29, 0.717) is 30.3 Å². The number of carbonyl (C=O) groups excluding carboxylic acids is 1. The Hall–Kier alpha value is -3.40. The van der Waals surface area contributed by atoms with Gasteiger partial charge in [-0.1, -0.05) is 20.8 Å². The molecule has 0 spiro atoms. The first-order chi connectivity index (χ1) is 17.2. The molecule has 2 aromatic heterocycles. The number of ether oxygens (including phenoxy) is 3. The fourth-order valence-electron chi connectivity index (χ4n) is 4.56. The van der Waals surface area contributed by atoms with E-state index < -0.39 is 0 Å². The molecule has 1 aromatic carbocycles. The zero-order chi connectivity index (χ0) is 25.4. The average molecular weight is 495 g/mol. The molecule has 0 radical (unpaired) electrons. The third-order valence-corrected chi connectivity index (χ3v) is 6.85. The molecule has 5 rings (SSSR count). The number of morpholine rings is 1. The molecule has 1 aliphatic heterocycles. The summed E-state index contributed by atoms with van der Waals surface area (Å²) in [4.78, 5) is 15.7. The highest BCUT2D eigenvalue weighted by molar-refractivity contribution is 5.97. The van der Waals surface area contributed by atoms with Crippen LogP contribution in [-0.2, 0) is 16.7 Å². The zero-order valence-corrected chi connectivity index (χ0v) is 21.4. The van der Waals surface area contributed by atoms with Crippen LogP contribution < -0.4 is 20.0 Å². The highest BCUT2D eigenvalue weighted by Crippen LogP contribution is 2.40. The maximum atomic E-state index is 13.5. The third kappa shape index (κ3) is 4.69. The molecule has 10 heteroatoms. The highest BCUT2D eigenvalue weighted by Gasteiger charge is 2.27. The summed E-state index contributed by atoms with van der Waals surface area (Å²) in [5.74, 6) is 1.12. The Morgan fingerprint density at radius 1 is 1.17 bits per heavy atom. The number of carbonyl (C=O) groups is 1. The second-order valence-corrected chi connectivity index (χ2v) is 10.4. The number of Topliss-reactive ketones (excluding diaryl/α,β-unsaturated/α-hetero) is 1. The number of aromatic nitrogens is 4. The van der Waals surface area contributed by atoms with Gasteiger partial charge < -0.3 is 19.1 Å². The molecule has 2 aliphatic rings. The largest absolute Gasteiger partial charge is 0.494 e. The van der Waals surface area contributed by atoms with Gasteiger partial charge in [-0.25, -0.2) is 4.68 Å². The molecule has 3 heterocycles. The van der Waals surface area contributed by atoms with E-state index in [0.717, 1.165) is 42.9 Å². The molecule has 3 aromatic rings. The van der Waals surface area contributed by atoms with Crippen LogP contribution in [0.4, 0.5) is 5.69 Å². The van der Waals surface area contributed by atoms with Crippen LogP contribution >= 0.6 is 0 Å². The van der Waals surface area contributed by atoms with Crippen LogP contribution in [0.5, 0.6) is 11.6 Å². The molecular weight excluding hydrogens is 460 g/mol. The molecule has 0 unspecified atom stereocenters. The number of nitrogens with zero attached hydrogens (tertiary/aromatic N) is 5. The fourth-order valence-corrected chi connectivity index (χ4v) is 4.56. The van der Waals surface area contributed by atoms with Crippen LogP contribution in [0.15, 0.2) is 24.3 Å². The summed E-state index contributed by atoms with van der Waals surface area (Å²) < 4.78 is 20.0. The van der Waals surface area contributed by atoms with Crippen LogP contribution in [0.3, 0.4) is 0 Å². The summed E-state index contributed by atoms with van der Waals surface area (Å²) in [6.07, 6.45) is 3.40. The zero-order valence-electron chi connectivity index (χ0n) is 21.4. The van der Waals surface area contributed by atoms with E-state index in [4.69, 9.17) is 19.6 Å². The van der Waals surface area contributed by atoms with E-state index in [1.807, 2.05) is 12.1 Å². The molecule has 10 nitrogen and oxygen atoms in total. The van der Waals surface area contributed by atoms with Crippen molar-refractivity contribution in [3.8, 4) is 11.6 Å². The van der Waals surface area contributed by atoms with E-state index in [1.165, 1.54) is 15.6 Å². The third-order valence-electron chi connectivity index (χ3n) is 6.85. The maximum Gasteiger partial charge on any atom is 0.242 e. The molecule has 0 atom stereocenters. The van der Waals surface area contributed by atoms with Gasteiger partial charge in [0, 0.05) is 30.3 Å². The summed E-state index contributed by atoms with van der Waals surface area (Å²) in [5, 5.41) is 17.4. The number of hydrogen-bond acceptors (Lipinski definition) is 8. The summed E-state index contributed by atoms with van der Waals surface area (Å²) in [7, 11) is 1.67. The average Bonchev–Trinajstić information content (AvgIpc) is 3.15. The molecule has 0 amide bonds. The molecule has 1 saturated carbocycles. The van der Waals surface area contributed by atoms with Gasteiger partial charge in [0.05, 0.1) is 26.0 Å². The molecule has 36 heavy (non-hydrogen) atoms. The van der Waals surface area contributed by atoms with Gasteiger partial charge in [0.15, 0.2) is 11.4 Å². The summed E-state index contributed by atoms with van der Waals surface area (Å²) in [5.41, 5.74) is 2.70. The number of rotatable bonds is 7. The van der Waals surface area contributed by atoms with E-state index in [1.54, 1.807) is 19.2 Å². The molecule has 2 fully saturated rings. The first-order valence-electron chi connectivity index (χ1n) is 12.5. The van der Waals surface area contributed by atoms with Crippen molar-refractivity contribution in [2.24, 2.45) is 0 Å². The van der Waals surface area contributed by atoms with Crippen molar-refractivity contribution in [3.05, 3.63) is 41.0 Å². The van der Waals surface area contributed by atoms with Crippen molar-refractivity contribution in [1.82, 2.24) is 19.4 Å². The lowest BCUT2D eigenvalue weighted by molar-refractivity contribution is 0.0965. The van der Waals surface area contributed by atoms with Gasteiger partial charge in [-0.15, -0.1) is 10.2 Å². The Morgan fingerprint density at radius 2 is 1.92 bits per heavy atom. The van der Waals surface area contributed by atoms with Crippen LogP contribution in [0.1, 0.15) is 56.0 Å². The van der Waals surface area contributed by atoms with Crippen LogP contribution in [0, 0.1) is 5.41 Å². The van der Waals surface area contributed by atoms with Gasteiger partial charge in [0.2, 0.25) is 11.5 Å². The standard InChI is InChI=1S/C26H34N6O4/c1-26(2,3)19-14-17(15-20(24(19)34-4)30-10-12-35-13-11-30)21(33)16-31-25(27)32-22(28-31)8-9-23(29-32)36-18-6-5-7-18/h8-9,14-15,18,27H,5-7,10-13,16H2,1-4H3. The van der Waals surface area contributed by atoms with Crippen molar-refractivity contribution in [1.29, 1.82) is 5.41 Å². The lowest BCUT2D eigenvalue weighted by Gasteiger charge is -2.33. The van der Waals surface area contributed by atoms with Crippen molar-refractivity contribution in [2.45, 2.75) is 58.1 Å². The van der Waals surface area contributed by atoms with Gasteiger partial charge in [-0.2, -0.15) is 4.52 Å². The minimum Gasteiger partial charge on any atom is -0.494 e. The lowest BCUT2D eigenvalue weighted by Crippen LogP contribution is -2.37. The first kappa shape index (κ1) is 24.3. The highest BCUT2D eigenvalue weighted by atomic mass is 16.5. The second kappa shape index (κ2) is 9.57. The number of benzene rings is 1. The lowest BCUT2D eigenvalue weighted by atomic mass is 9.84. The molecule has 1 N–H and O–H groups in total. The van der Waals surface area contributed by atoms with Gasteiger partial charge in [-0.05, 0) is 42.9 Å². The Kier molecular flexibility index (Phi) is 6.46. The van der Waals surface area contributed by atoms with Gasteiger partial charge in [0.25, 0.3) is 0 Å². The number of ketones is 1. The second-order valence-electron chi connectivity index (χ2n) is 10.4. The summed E-state index contributed by atoms with van der Waals surface area (Å²) in [6.45, 7) is 8.97. The Bertz CT molecular complexity index is 1330. The van der Waals surface area contributed by atoms with E-state index in [2.05, 4.69) is 35.9 Å². The maximum absolute atomic E-state index is 13.5. The SMILES string of the molecule is COc1c(N2CCOCC2)cc(C(=O)Cn2nc3ccc(OC4CCC4)nn3c2=N)cc1C(C)(C)C. The Balaban J connectivity index is 1.47.